The number of methoxy groups -OCH3 is 1. The van der Waals surface area contributed by atoms with Crippen LogP contribution in [0.15, 0.2) is 42.5 Å². The third kappa shape index (κ3) is 5.10. The number of rotatable bonds is 8. The maximum atomic E-state index is 12.0. The van der Waals surface area contributed by atoms with Crippen molar-refractivity contribution in [3.8, 4) is 17.2 Å². The van der Waals surface area contributed by atoms with E-state index in [0.29, 0.717) is 23.8 Å². The lowest BCUT2D eigenvalue weighted by Crippen LogP contribution is -2.20. The number of nitrogens with one attached hydrogen (secondary N) is 1. The summed E-state index contributed by atoms with van der Waals surface area (Å²) in [7, 11) is 1.32. The standard InChI is InChI=1S/C17H18N2O6/c1-3-24-13-6-4-5-12(9-13)18-17(20)11-25-14-7-8-15(19(21)22)16(10-14)23-2/h4-10H,3,11H2,1-2H3,(H,18,20). The smallest absolute Gasteiger partial charge is 0.311 e. The van der Waals surface area contributed by atoms with Gasteiger partial charge in [-0.2, -0.15) is 0 Å². The molecule has 0 aliphatic carbocycles. The summed E-state index contributed by atoms with van der Waals surface area (Å²) in [6, 6.07) is 11.0. The van der Waals surface area contributed by atoms with Crippen molar-refractivity contribution < 1.29 is 23.9 Å². The molecule has 2 aromatic carbocycles. The number of nitro benzene ring substituents is 1. The van der Waals surface area contributed by atoms with E-state index in [-0.39, 0.29) is 24.0 Å². The van der Waals surface area contributed by atoms with E-state index in [0.717, 1.165) is 0 Å². The van der Waals surface area contributed by atoms with Crippen LogP contribution in [0.4, 0.5) is 11.4 Å². The Kier molecular flexibility index (Phi) is 6.16. The average molecular weight is 346 g/mol. The molecule has 0 aliphatic rings. The van der Waals surface area contributed by atoms with Gasteiger partial charge in [0, 0.05) is 23.9 Å². The molecule has 0 radical (unpaired) electrons. The molecule has 0 aliphatic heterocycles. The van der Waals surface area contributed by atoms with E-state index in [1.165, 1.54) is 25.3 Å². The summed E-state index contributed by atoms with van der Waals surface area (Å²) in [5.74, 6) is 0.639. The number of amides is 1. The van der Waals surface area contributed by atoms with Crippen LogP contribution in [0.3, 0.4) is 0 Å². The van der Waals surface area contributed by atoms with Crippen LogP contribution in [-0.2, 0) is 4.79 Å². The van der Waals surface area contributed by atoms with Crippen LogP contribution in [0.25, 0.3) is 0 Å². The van der Waals surface area contributed by atoms with E-state index in [2.05, 4.69) is 5.32 Å². The Balaban J connectivity index is 1.96. The van der Waals surface area contributed by atoms with Crippen LogP contribution in [-0.4, -0.2) is 31.2 Å². The van der Waals surface area contributed by atoms with Crippen LogP contribution in [0.5, 0.6) is 17.2 Å². The molecule has 0 saturated carbocycles. The Morgan fingerprint density at radius 1 is 1.16 bits per heavy atom. The minimum atomic E-state index is -0.555. The minimum Gasteiger partial charge on any atom is -0.494 e. The molecule has 2 rings (SSSR count). The molecule has 0 bridgehead atoms. The number of nitrogens with zero attached hydrogens (tertiary/aromatic N) is 1. The zero-order valence-electron chi connectivity index (χ0n) is 13.9. The second kappa shape index (κ2) is 8.53. The monoisotopic (exact) mass is 346 g/mol. The highest BCUT2D eigenvalue weighted by molar-refractivity contribution is 5.92. The molecular formula is C17H18N2O6. The fourth-order valence-corrected chi connectivity index (χ4v) is 2.07. The van der Waals surface area contributed by atoms with Gasteiger partial charge in [-0.3, -0.25) is 14.9 Å². The predicted molar refractivity (Wildman–Crippen MR) is 91.4 cm³/mol. The topological polar surface area (TPSA) is 99.9 Å². The van der Waals surface area contributed by atoms with Gasteiger partial charge < -0.3 is 19.5 Å². The molecule has 1 N–H and O–H groups in total. The van der Waals surface area contributed by atoms with Gasteiger partial charge in [-0.1, -0.05) is 6.07 Å². The van der Waals surface area contributed by atoms with Crippen molar-refractivity contribution in [2.45, 2.75) is 6.92 Å². The van der Waals surface area contributed by atoms with Crippen molar-refractivity contribution in [1.29, 1.82) is 0 Å². The fraction of sp³-hybridized carbons (Fsp3) is 0.235. The van der Waals surface area contributed by atoms with Gasteiger partial charge in [-0.05, 0) is 25.1 Å². The molecule has 0 saturated heterocycles. The van der Waals surface area contributed by atoms with Gasteiger partial charge in [-0.15, -0.1) is 0 Å². The van der Waals surface area contributed by atoms with E-state index < -0.39 is 4.92 Å². The van der Waals surface area contributed by atoms with Crippen LogP contribution in [0.1, 0.15) is 6.92 Å². The van der Waals surface area contributed by atoms with Crippen molar-refractivity contribution in [2.75, 3.05) is 25.6 Å². The van der Waals surface area contributed by atoms with E-state index in [4.69, 9.17) is 14.2 Å². The SMILES string of the molecule is CCOc1cccc(NC(=O)COc2ccc([N+](=O)[O-])c(OC)c2)c1. The number of ether oxygens (including phenoxy) is 3. The summed E-state index contributed by atoms with van der Waals surface area (Å²) in [6.45, 7) is 2.15. The Hall–Kier alpha value is -3.29. The lowest BCUT2D eigenvalue weighted by Gasteiger charge is -2.10. The molecular weight excluding hydrogens is 328 g/mol. The lowest BCUT2D eigenvalue weighted by molar-refractivity contribution is -0.385. The number of carbonyl (C=O) groups excluding carboxylic acids is 1. The van der Waals surface area contributed by atoms with E-state index in [9.17, 15) is 14.9 Å². The van der Waals surface area contributed by atoms with Crippen LogP contribution >= 0.6 is 0 Å². The van der Waals surface area contributed by atoms with E-state index in [1.54, 1.807) is 24.3 Å². The summed E-state index contributed by atoms with van der Waals surface area (Å²) >= 11 is 0. The second-order valence-electron chi connectivity index (χ2n) is 4.89. The first kappa shape index (κ1) is 18.1. The number of hydrogen-bond donors (Lipinski definition) is 1. The summed E-state index contributed by atoms with van der Waals surface area (Å²) in [6.07, 6.45) is 0. The van der Waals surface area contributed by atoms with Crippen LogP contribution < -0.4 is 19.5 Å². The Morgan fingerprint density at radius 3 is 2.60 bits per heavy atom. The first-order valence-electron chi connectivity index (χ1n) is 7.51. The minimum absolute atomic E-state index is 0.0623. The summed E-state index contributed by atoms with van der Waals surface area (Å²) in [5, 5.41) is 13.5. The number of nitro groups is 1. The van der Waals surface area contributed by atoms with Crippen molar-refractivity contribution in [2.24, 2.45) is 0 Å². The zero-order chi connectivity index (χ0) is 18.2. The van der Waals surface area contributed by atoms with Gasteiger partial charge in [0.2, 0.25) is 5.75 Å². The number of hydrogen-bond acceptors (Lipinski definition) is 6. The Morgan fingerprint density at radius 2 is 1.92 bits per heavy atom. The van der Waals surface area contributed by atoms with Gasteiger partial charge in [-0.25, -0.2) is 0 Å². The highest BCUT2D eigenvalue weighted by Crippen LogP contribution is 2.30. The van der Waals surface area contributed by atoms with E-state index >= 15 is 0 Å². The third-order valence-corrected chi connectivity index (χ3v) is 3.15. The Labute approximate surface area is 144 Å². The molecule has 8 heteroatoms. The molecule has 1 amide bonds. The molecule has 0 atom stereocenters. The largest absolute Gasteiger partial charge is 0.494 e. The maximum Gasteiger partial charge on any atom is 0.311 e. The van der Waals surface area contributed by atoms with Gasteiger partial charge in [0.1, 0.15) is 11.5 Å². The number of benzene rings is 2. The van der Waals surface area contributed by atoms with Crippen molar-refractivity contribution in [3.05, 3.63) is 52.6 Å². The molecule has 0 fully saturated rings. The molecule has 0 heterocycles. The third-order valence-electron chi connectivity index (χ3n) is 3.15. The molecule has 0 spiro atoms. The molecule has 0 aromatic heterocycles. The van der Waals surface area contributed by atoms with Gasteiger partial charge in [0.25, 0.3) is 5.91 Å². The van der Waals surface area contributed by atoms with Gasteiger partial charge in [0.15, 0.2) is 6.61 Å². The van der Waals surface area contributed by atoms with Gasteiger partial charge in [0.05, 0.1) is 18.6 Å². The summed E-state index contributed by atoms with van der Waals surface area (Å²) in [4.78, 5) is 22.3. The normalized spacial score (nSPS) is 10.0. The van der Waals surface area contributed by atoms with Crippen LogP contribution in [0.2, 0.25) is 0 Å². The fourth-order valence-electron chi connectivity index (χ4n) is 2.07. The zero-order valence-corrected chi connectivity index (χ0v) is 13.9. The molecule has 0 unspecified atom stereocenters. The van der Waals surface area contributed by atoms with Crippen molar-refractivity contribution in [1.82, 2.24) is 0 Å². The predicted octanol–water partition coefficient (Wildman–Crippen LogP) is 3.02. The molecule has 132 valence electrons. The maximum absolute atomic E-state index is 12.0. The summed E-state index contributed by atoms with van der Waals surface area (Å²) in [5.41, 5.74) is 0.410. The van der Waals surface area contributed by atoms with Crippen molar-refractivity contribution >= 4 is 17.3 Å². The van der Waals surface area contributed by atoms with Crippen LogP contribution in [0, 0.1) is 10.1 Å². The van der Waals surface area contributed by atoms with E-state index in [1.807, 2.05) is 6.92 Å². The Bertz CT molecular complexity index is 763. The highest BCUT2D eigenvalue weighted by atomic mass is 16.6. The molecule has 25 heavy (non-hydrogen) atoms. The average Bonchev–Trinajstić information content (AvgIpc) is 2.60. The van der Waals surface area contributed by atoms with Crippen molar-refractivity contribution in [3.63, 3.8) is 0 Å². The number of carbonyl (C=O) groups is 1. The molecule has 2 aromatic rings. The second-order valence-corrected chi connectivity index (χ2v) is 4.89. The first-order valence-corrected chi connectivity index (χ1v) is 7.51. The highest BCUT2D eigenvalue weighted by Gasteiger charge is 2.15. The van der Waals surface area contributed by atoms with Gasteiger partial charge >= 0.3 is 5.69 Å². The quantitative estimate of drug-likeness (QED) is 0.582. The summed E-state index contributed by atoms with van der Waals surface area (Å²) < 4.78 is 15.7. The lowest BCUT2D eigenvalue weighted by atomic mass is 10.3. The number of anilines is 1. The molecule has 8 nitrogen and oxygen atoms in total. The first-order chi connectivity index (χ1) is 12.0.